The normalized spacial score (nSPS) is 16.8. The summed E-state index contributed by atoms with van der Waals surface area (Å²) >= 11 is 0. The average Bonchev–Trinajstić information content (AvgIpc) is 2.54. The molecule has 0 saturated heterocycles. The van der Waals surface area contributed by atoms with Crippen LogP contribution in [0.3, 0.4) is 0 Å². The molecule has 0 bridgehead atoms. The first-order valence-electron chi connectivity index (χ1n) is 7.44. The first-order valence-corrected chi connectivity index (χ1v) is 7.44. The number of H-pyrrole nitrogens is 1. The summed E-state index contributed by atoms with van der Waals surface area (Å²) in [5.41, 5.74) is 2.58. The van der Waals surface area contributed by atoms with Gasteiger partial charge in [-0.05, 0) is 30.9 Å². The molecule has 118 valence electrons. The molecule has 5 nitrogen and oxygen atoms in total. The zero-order valence-electron chi connectivity index (χ0n) is 13.0. The molecule has 0 fully saturated rings. The van der Waals surface area contributed by atoms with Crippen LogP contribution in [0.2, 0.25) is 0 Å². The van der Waals surface area contributed by atoms with Gasteiger partial charge in [-0.3, -0.25) is 9.59 Å². The van der Waals surface area contributed by atoms with E-state index in [2.05, 4.69) is 9.72 Å². The number of aromatic nitrogens is 1. The summed E-state index contributed by atoms with van der Waals surface area (Å²) < 4.78 is 4.57. The molecule has 1 N–H and O–H groups in total. The van der Waals surface area contributed by atoms with Crippen LogP contribution < -0.4 is 5.56 Å². The number of esters is 1. The van der Waals surface area contributed by atoms with Crippen LogP contribution in [-0.4, -0.2) is 23.8 Å². The summed E-state index contributed by atoms with van der Waals surface area (Å²) in [5, 5.41) is 0. The molecule has 1 heterocycles. The van der Waals surface area contributed by atoms with Gasteiger partial charge in [-0.1, -0.05) is 29.8 Å². The number of hydrogen-bond donors (Lipinski definition) is 1. The zero-order valence-corrected chi connectivity index (χ0v) is 13.0. The van der Waals surface area contributed by atoms with E-state index in [1.165, 1.54) is 13.2 Å². The van der Waals surface area contributed by atoms with Crippen molar-refractivity contribution in [1.82, 2.24) is 4.98 Å². The van der Waals surface area contributed by atoms with E-state index >= 15 is 0 Å². The number of ketones is 1. The lowest BCUT2D eigenvalue weighted by atomic mass is 9.81. The van der Waals surface area contributed by atoms with Gasteiger partial charge in [-0.15, -0.1) is 0 Å². The van der Waals surface area contributed by atoms with E-state index in [-0.39, 0.29) is 17.3 Å². The average molecular weight is 311 g/mol. The van der Waals surface area contributed by atoms with Gasteiger partial charge in [0.1, 0.15) is 5.56 Å². The highest BCUT2D eigenvalue weighted by Crippen LogP contribution is 2.31. The predicted octanol–water partition coefficient (Wildman–Crippen LogP) is 2.38. The molecular weight excluding hydrogens is 294 g/mol. The molecule has 0 amide bonds. The van der Waals surface area contributed by atoms with Crippen molar-refractivity contribution in [3.63, 3.8) is 0 Å². The molecule has 0 saturated carbocycles. The SMILES string of the molecule is COC(=O)c1cc2c([nH]c1=O)CC(c1ccc(C)cc1)CC2=O. The van der Waals surface area contributed by atoms with Gasteiger partial charge >= 0.3 is 5.97 Å². The van der Waals surface area contributed by atoms with Gasteiger partial charge < -0.3 is 9.72 Å². The Bertz CT molecular complexity index is 833. The molecule has 23 heavy (non-hydrogen) atoms. The summed E-state index contributed by atoms with van der Waals surface area (Å²) in [6.07, 6.45) is 0.934. The number of aromatic amines is 1. The van der Waals surface area contributed by atoms with Crippen molar-refractivity contribution >= 4 is 11.8 Å². The van der Waals surface area contributed by atoms with Crippen molar-refractivity contribution < 1.29 is 14.3 Å². The Kier molecular flexibility index (Phi) is 3.86. The van der Waals surface area contributed by atoms with Crippen molar-refractivity contribution in [3.05, 3.63) is 68.6 Å². The van der Waals surface area contributed by atoms with E-state index in [1.54, 1.807) is 0 Å². The Morgan fingerprint density at radius 2 is 1.87 bits per heavy atom. The first-order chi connectivity index (χ1) is 11.0. The number of benzene rings is 1. The minimum atomic E-state index is -0.734. The van der Waals surface area contributed by atoms with Crippen LogP contribution in [0.1, 0.15) is 49.9 Å². The predicted molar refractivity (Wildman–Crippen MR) is 85.0 cm³/mol. The minimum Gasteiger partial charge on any atom is -0.465 e. The maximum atomic E-state index is 12.4. The van der Waals surface area contributed by atoms with E-state index in [0.29, 0.717) is 24.1 Å². The Labute approximate surface area is 133 Å². The van der Waals surface area contributed by atoms with Crippen LogP contribution in [0.25, 0.3) is 0 Å². The third kappa shape index (κ3) is 2.82. The highest BCUT2D eigenvalue weighted by Gasteiger charge is 2.28. The third-order valence-electron chi connectivity index (χ3n) is 4.26. The number of Topliss-reactive ketones (excluding diaryl/α,β-unsaturated/α-hetero) is 1. The minimum absolute atomic E-state index is 0.0372. The number of carbonyl (C=O) groups is 2. The van der Waals surface area contributed by atoms with Crippen LogP contribution in [-0.2, 0) is 11.2 Å². The number of rotatable bonds is 2. The lowest BCUT2D eigenvalue weighted by molar-refractivity contribution is 0.0598. The summed E-state index contributed by atoms with van der Waals surface area (Å²) in [4.78, 5) is 38.7. The van der Waals surface area contributed by atoms with Gasteiger partial charge in [-0.2, -0.15) is 0 Å². The molecule has 1 aliphatic rings. The molecule has 1 aromatic carbocycles. The van der Waals surface area contributed by atoms with Crippen molar-refractivity contribution in [2.24, 2.45) is 0 Å². The second kappa shape index (κ2) is 5.83. The maximum absolute atomic E-state index is 12.4. The van der Waals surface area contributed by atoms with Gasteiger partial charge in [-0.25, -0.2) is 4.79 Å². The zero-order chi connectivity index (χ0) is 16.6. The van der Waals surface area contributed by atoms with E-state index < -0.39 is 11.5 Å². The third-order valence-corrected chi connectivity index (χ3v) is 4.26. The molecule has 5 heteroatoms. The number of hydrogen-bond acceptors (Lipinski definition) is 4. The molecule has 0 spiro atoms. The number of pyridine rings is 1. The number of nitrogens with one attached hydrogen (secondary N) is 1. The summed E-state index contributed by atoms with van der Waals surface area (Å²) in [6.45, 7) is 2.01. The lowest BCUT2D eigenvalue weighted by Crippen LogP contribution is -2.27. The van der Waals surface area contributed by atoms with Gasteiger partial charge in [0, 0.05) is 17.7 Å². The molecular formula is C18H17NO4. The molecule has 2 aromatic rings. The Morgan fingerprint density at radius 1 is 1.17 bits per heavy atom. The molecule has 1 aliphatic carbocycles. The number of fused-ring (bicyclic) bond motifs is 1. The number of aryl methyl sites for hydroxylation is 1. The number of methoxy groups -OCH3 is 1. The van der Waals surface area contributed by atoms with Gasteiger partial charge in [0.15, 0.2) is 5.78 Å². The summed E-state index contributed by atoms with van der Waals surface area (Å²) in [6, 6.07) is 9.41. The number of ether oxygens (including phenoxy) is 1. The van der Waals surface area contributed by atoms with Crippen molar-refractivity contribution in [1.29, 1.82) is 0 Å². The second-order valence-electron chi connectivity index (χ2n) is 5.83. The van der Waals surface area contributed by atoms with Crippen molar-refractivity contribution in [3.8, 4) is 0 Å². The first kappa shape index (κ1) is 15.2. The topological polar surface area (TPSA) is 76.2 Å². The van der Waals surface area contributed by atoms with E-state index in [9.17, 15) is 14.4 Å². The Balaban J connectivity index is 1.99. The Hall–Kier alpha value is -2.69. The van der Waals surface area contributed by atoms with Crippen LogP contribution in [0, 0.1) is 6.92 Å². The quantitative estimate of drug-likeness (QED) is 0.864. The fourth-order valence-electron chi connectivity index (χ4n) is 2.97. The van der Waals surface area contributed by atoms with E-state index in [4.69, 9.17) is 0 Å². The maximum Gasteiger partial charge on any atom is 0.343 e. The highest BCUT2D eigenvalue weighted by atomic mass is 16.5. The summed E-state index contributed by atoms with van der Waals surface area (Å²) in [7, 11) is 1.20. The lowest BCUT2D eigenvalue weighted by Gasteiger charge is -2.24. The fourth-order valence-corrected chi connectivity index (χ4v) is 2.97. The van der Waals surface area contributed by atoms with Crippen LogP contribution in [0.4, 0.5) is 0 Å². The number of carbonyl (C=O) groups excluding carboxylic acids is 2. The molecule has 3 rings (SSSR count). The highest BCUT2D eigenvalue weighted by molar-refractivity contribution is 6.01. The molecule has 1 atom stereocenters. The van der Waals surface area contributed by atoms with Gasteiger partial charge in [0.25, 0.3) is 5.56 Å². The van der Waals surface area contributed by atoms with Crippen LogP contribution >= 0.6 is 0 Å². The monoisotopic (exact) mass is 311 g/mol. The van der Waals surface area contributed by atoms with Crippen LogP contribution in [0.5, 0.6) is 0 Å². The Morgan fingerprint density at radius 3 is 2.52 bits per heavy atom. The van der Waals surface area contributed by atoms with E-state index in [0.717, 1.165) is 11.1 Å². The summed E-state index contributed by atoms with van der Waals surface area (Å²) in [5.74, 6) is -0.768. The molecule has 1 aromatic heterocycles. The molecule has 1 unspecified atom stereocenters. The molecule has 0 radical (unpaired) electrons. The molecule has 0 aliphatic heterocycles. The van der Waals surface area contributed by atoms with E-state index in [1.807, 2.05) is 31.2 Å². The largest absolute Gasteiger partial charge is 0.465 e. The fraction of sp³-hybridized carbons (Fsp3) is 0.278. The van der Waals surface area contributed by atoms with Crippen molar-refractivity contribution in [2.75, 3.05) is 7.11 Å². The van der Waals surface area contributed by atoms with Gasteiger partial charge in [0.05, 0.1) is 7.11 Å². The second-order valence-corrected chi connectivity index (χ2v) is 5.83. The standard InChI is InChI=1S/C18H17NO4/c1-10-3-5-11(6-4-10)12-7-15-13(16(20)8-12)9-14(17(21)19-15)18(22)23-2/h3-6,9,12H,7-8H2,1-2H3,(H,19,21). The smallest absolute Gasteiger partial charge is 0.343 e. The van der Waals surface area contributed by atoms with Gasteiger partial charge in [0.2, 0.25) is 0 Å². The van der Waals surface area contributed by atoms with Crippen LogP contribution in [0.15, 0.2) is 35.1 Å². The van der Waals surface area contributed by atoms with Crippen molar-refractivity contribution in [2.45, 2.75) is 25.7 Å².